The number of rotatable bonds is 4. The predicted octanol–water partition coefficient (Wildman–Crippen LogP) is 2.71. The second-order valence-corrected chi connectivity index (χ2v) is 7.25. The van der Waals surface area contributed by atoms with Crippen LogP contribution in [0.5, 0.6) is 0 Å². The van der Waals surface area contributed by atoms with Crippen molar-refractivity contribution in [3.8, 4) is 0 Å². The van der Waals surface area contributed by atoms with Crippen LogP contribution in [0.1, 0.15) is 30.4 Å². The van der Waals surface area contributed by atoms with Gasteiger partial charge >= 0.3 is 6.03 Å². The summed E-state index contributed by atoms with van der Waals surface area (Å²) < 4.78 is 0. The zero-order chi connectivity index (χ0) is 17.9. The molecule has 1 aromatic carbocycles. The Balaban J connectivity index is 1.68. The molecule has 2 heterocycles. The molecule has 3 rings (SSSR count). The Bertz CT molecular complexity index is 673. The van der Waals surface area contributed by atoms with Gasteiger partial charge in [0.05, 0.1) is 5.41 Å². The fourth-order valence-corrected chi connectivity index (χ4v) is 4.03. The van der Waals surface area contributed by atoms with Crippen molar-refractivity contribution in [1.82, 2.24) is 15.1 Å². The summed E-state index contributed by atoms with van der Waals surface area (Å²) in [6.07, 6.45) is 4.30. The van der Waals surface area contributed by atoms with E-state index in [4.69, 9.17) is 0 Å². The van der Waals surface area contributed by atoms with Gasteiger partial charge in [-0.15, -0.1) is 6.58 Å². The third-order valence-electron chi connectivity index (χ3n) is 5.32. The van der Waals surface area contributed by atoms with E-state index in [0.717, 1.165) is 25.8 Å². The first-order valence-corrected chi connectivity index (χ1v) is 9.03. The fourth-order valence-electron chi connectivity index (χ4n) is 4.03. The molecule has 2 aliphatic rings. The Kier molecular flexibility index (Phi) is 5.11. The fraction of sp³-hybridized carbons (Fsp3) is 0.500. The second-order valence-electron chi connectivity index (χ2n) is 7.25. The molecule has 2 saturated heterocycles. The van der Waals surface area contributed by atoms with E-state index in [9.17, 15) is 9.59 Å². The molecule has 0 aliphatic carbocycles. The molecule has 0 aromatic heterocycles. The Hall–Kier alpha value is -2.30. The van der Waals surface area contributed by atoms with E-state index in [1.807, 2.05) is 11.0 Å². The number of piperidine rings is 1. The number of amides is 3. The third-order valence-corrected chi connectivity index (χ3v) is 5.32. The van der Waals surface area contributed by atoms with E-state index in [1.165, 1.54) is 11.1 Å². The summed E-state index contributed by atoms with van der Waals surface area (Å²) in [7, 11) is 0. The Morgan fingerprint density at radius 1 is 1.36 bits per heavy atom. The summed E-state index contributed by atoms with van der Waals surface area (Å²) in [4.78, 5) is 29.1. The van der Waals surface area contributed by atoms with Gasteiger partial charge in [0.25, 0.3) is 0 Å². The lowest BCUT2D eigenvalue weighted by Crippen LogP contribution is -2.50. The normalized spacial score (nSPS) is 23.2. The molecule has 0 saturated carbocycles. The summed E-state index contributed by atoms with van der Waals surface area (Å²) in [6.45, 7) is 8.77. The molecule has 1 N–H and O–H groups in total. The van der Waals surface area contributed by atoms with Crippen LogP contribution in [0.15, 0.2) is 36.9 Å². The first kappa shape index (κ1) is 17.5. The maximum atomic E-state index is 13.2. The van der Waals surface area contributed by atoms with Gasteiger partial charge < -0.3 is 15.1 Å². The topological polar surface area (TPSA) is 52.7 Å². The lowest BCUT2D eigenvalue weighted by atomic mass is 9.78. The van der Waals surface area contributed by atoms with Crippen LogP contribution in [0.4, 0.5) is 4.79 Å². The Morgan fingerprint density at radius 3 is 2.96 bits per heavy atom. The summed E-state index contributed by atoms with van der Waals surface area (Å²) >= 11 is 0. The van der Waals surface area contributed by atoms with Crippen molar-refractivity contribution in [2.45, 2.75) is 32.7 Å². The smallest absolute Gasteiger partial charge is 0.317 e. The van der Waals surface area contributed by atoms with E-state index >= 15 is 0 Å². The number of likely N-dealkylation sites (tertiary alicyclic amines) is 2. The number of nitrogens with zero attached hydrogens (tertiary/aromatic N) is 2. The van der Waals surface area contributed by atoms with E-state index in [-0.39, 0.29) is 11.9 Å². The third kappa shape index (κ3) is 3.70. The summed E-state index contributed by atoms with van der Waals surface area (Å²) in [5.41, 5.74) is 1.99. The van der Waals surface area contributed by atoms with Gasteiger partial charge in [-0.1, -0.05) is 35.9 Å². The molecular formula is C20H27N3O2. The number of hydrogen-bond acceptors (Lipinski definition) is 2. The van der Waals surface area contributed by atoms with Gasteiger partial charge in [-0.05, 0) is 31.7 Å². The van der Waals surface area contributed by atoms with Gasteiger partial charge in [0.15, 0.2) is 0 Å². The molecular weight excluding hydrogens is 314 g/mol. The Labute approximate surface area is 149 Å². The summed E-state index contributed by atoms with van der Waals surface area (Å²) in [6, 6.07) is 8.22. The number of carbonyl (C=O) groups is 2. The molecule has 1 atom stereocenters. The van der Waals surface area contributed by atoms with Gasteiger partial charge in [0, 0.05) is 32.7 Å². The zero-order valence-electron chi connectivity index (χ0n) is 15.0. The van der Waals surface area contributed by atoms with Crippen LogP contribution >= 0.6 is 0 Å². The summed E-state index contributed by atoms with van der Waals surface area (Å²) in [5.74, 6) is 0.208. The highest BCUT2D eigenvalue weighted by molar-refractivity contribution is 5.85. The predicted molar refractivity (Wildman–Crippen MR) is 98.0 cm³/mol. The molecule has 0 bridgehead atoms. The largest absolute Gasteiger partial charge is 0.338 e. The van der Waals surface area contributed by atoms with Crippen molar-refractivity contribution in [3.05, 3.63) is 48.0 Å². The number of benzene rings is 1. The molecule has 3 amide bonds. The van der Waals surface area contributed by atoms with E-state index in [2.05, 4.69) is 37.0 Å². The van der Waals surface area contributed by atoms with Gasteiger partial charge in [0.2, 0.25) is 5.91 Å². The van der Waals surface area contributed by atoms with Crippen LogP contribution in [0, 0.1) is 12.3 Å². The molecule has 2 aliphatic heterocycles. The zero-order valence-corrected chi connectivity index (χ0v) is 15.0. The van der Waals surface area contributed by atoms with Crippen LogP contribution in [0.3, 0.4) is 0 Å². The highest BCUT2D eigenvalue weighted by atomic mass is 16.2. The van der Waals surface area contributed by atoms with E-state index < -0.39 is 5.41 Å². The van der Waals surface area contributed by atoms with Crippen LogP contribution in [-0.2, 0) is 11.3 Å². The van der Waals surface area contributed by atoms with E-state index in [0.29, 0.717) is 26.2 Å². The van der Waals surface area contributed by atoms with Gasteiger partial charge in [-0.25, -0.2) is 4.79 Å². The molecule has 1 spiro atoms. The first-order chi connectivity index (χ1) is 12.0. The van der Waals surface area contributed by atoms with Gasteiger partial charge in [-0.2, -0.15) is 0 Å². The lowest BCUT2D eigenvalue weighted by Gasteiger charge is -2.39. The van der Waals surface area contributed by atoms with Crippen molar-refractivity contribution in [3.63, 3.8) is 0 Å². The molecule has 5 heteroatoms. The minimum Gasteiger partial charge on any atom is -0.338 e. The number of aryl methyl sites for hydroxylation is 1. The minimum atomic E-state index is -0.395. The molecule has 2 fully saturated rings. The van der Waals surface area contributed by atoms with Crippen molar-refractivity contribution in [2.75, 3.05) is 26.2 Å². The van der Waals surface area contributed by atoms with Crippen molar-refractivity contribution >= 4 is 11.9 Å². The first-order valence-electron chi connectivity index (χ1n) is 9.03. The standard InChI is InChI=1S/C20H27N3O2/c1-3-10-21-19(25)23-12-9-20(15-23)8-5-11-22(18(20)24)14-17-7-4-6-16(2)13-17/h3-4,6-7,13H,1,5,8-12,14-15H2,2H3,(H,21,25). The number of nitrogens with one attached hydrogen (secondary N) is 1. The number of carbonyl (C=O) groups excluding carboxylic acids is 2. The van der Waals surface area contributed by atoms with Gasteiger partial charge in [-0.3, -0.25) is 4.79 Å². The van der Waals surface area contributed by atoms with Crippen molar-refractivity contribution in [2.24, 2.45) is 5.41 Å². The molecule has 0 radical (unpaired) electrons. The maximum Gasteiger partial charge on any atom is 0.317 e. The quantitative estimate of drug-likeness (QED) is 0.856. The van der Waals surface area contributed by atoms with Crippen LogP contribution in [0.25, 0.3) is 0 Å². The highest BCUT2D eigenvalue weighted by Crippen LogP contribution is 2.40. The van der Waals surface area contributed by atoms with Crippen molar-refractivity contribution in [1.29, 1.82) is 0 Å². The SMILES string of the molecule is C=CCNC(=O)N1CCC2(CCCN(Cc3cccc(C)c3)C2=O)C1. The molecule has 134 valence electrons. The average molecular weight is 341 g/mol. The molecule has 25 heavy (non-hydrogen) atoms. The highest BCUT2D eigenvalue weighted by Gasteiger charge is 2.49. The average Bonchev–Trinajstić information content (AvgIpc) is 3.02. The molecule has 1 unspecified atom stereocenters. The van der Waals surface area contributed by atoms with Crippen molar-refractivity contribution < 1.29 is 9.59 Å². The minimum absolute atomic E-state index is 0.0969. The molecule has 5 nitrogen and oxygen atoms in total. The number of hydrogen-bond donors (Lipinski definition) is 1. The monoisotopic (exact) mass is 341 g/mol. The van der Waals surface area contributed by atoms with Crippen LogP contribution < -0.4 is 5.32 Å². The van der Waals surface area contributed by atoms with Gasteiger partial charge in [0.1, 0.15) is 0 Å². The van der Waals surface area contributed by atoms with Crippen LogP contribution in [0.2, 0.25) is 0 Å². The van der Waals surface area contributed by atoms with E-state index in [1.54, 1.807) is 11.0 Å². The number of urea groups is 1. The Morgan fingerprint density at radius 2 is 2.20 bits per heavy atom. The summed E-state index contributed by atoms with van der Waals surface area (Å²) in [5, 5.41) is 2.81. The lowest BCUT2D eigenvalue weighted by molar-refractivity contribution is -0.146. The van der Waals surface area contributed by atoms with Crippen LogP contribution in [-0.4, -0.2) is 47.9 Å². The second kappa shape index (κ2) is 7.30. The maximum absolute atomic E-state index is 13.2. The molecule has 1 aromatic rings.